The maximum atomic E-state index is 12.8. The minimum Gasteiger partial charge on any atom is -0.339 e. The van der Waals surface area contributed by atoms with E-state index in [9.17, 15) is 9.59 Å². The first-order chi connectivity index (χ1) is 12.2. The molecule has 1 fully saturated rings. The van der Waals surface area contributed by atoms with Gasteiger partial charge < -0.3 is 15.5 Å². The Morgan fingerprint density at radius 1 is 1.28 bits per heavy atom. The van der Waals surface area contributed by atoms with Gasteiger partial charge in [0, 0.05) is 43.0 Å². The highest BCUT2D eigenvalue weighted by molar-refractivity contribution is 6.02. The number of nitrogens with one attached hydrogen (secondary N) is 3. The number of piperidine rings is 1. The van der Waals surface area contributed by atoms with E-state index < -0.39 is 6.04 Å². The first kappa shape index (κ1) is 15.8. The number of anilines is 1. The Balaban J connectivity index is 1.49. The van der Waals surface area contributed by atoms with E-state index in [1.807, 2.05) is 30.3 Å². The average molecular weight is 339 g/mol. The molecule has 0 bridgehead atoms. The molecule has 1 unspecified atom stereocenters. The van der Waals surface area contributed by atoms with Gasteiger partial charge in [-0.1, -0.05) is 18.2 Å². The molecule has 3 N–H and O–H groups in total. The maximum absolute atomic E-state index is 12.8. The summed E-state index contributed by atoms with van der Waals surface area (Å²) in [4.78, 5) is 27.2. The maximum Gasteiger partial charge on any atom is 0.272 e. The van der Waals surface area contributed by atoms with E-state index in [2.05, 4.69) is 20.8 Å². The number of H-pyrrole nitrogens is 1. The number of hydrogen-bond donors (Lipinski definition) is 3. The van der Waals surface area contributed by atoms with Gasteiger partial charge in [0.25, 0.3) is 5.91 Å². The number of amides is 2. The van der Waals surface area contributed by atoms with Crippen molar-refractivity contribution in [2.45, 2.75) is 31.8 Å². The topological polar surface area (TPSA) is 90.1 Å². The van der Waals surface area contributed by atoms with Crippen molar-refractivity contribution in [3.63, 3.8) is 0 Å². The lowest BCUT2D eigenvalue weighted by atomic mass is 10.0. The van der Waals surface area contributed by atoms with Crippen molar-refractivity contribution < 1.29 is 9.59 Å². The van der Waals surface area contributed by atoms with Crippen LogP contribution in [0, 0.1) is 0 Å². The predicted molar refractivity (Wildman–Crippen MR) is 93.3 cm³/mol. The Hall–Kier alpha value is -2.67. The molecule has 0 aliphatic carbocycles. The van der Waals surface area contributed by atoms with Gasteiger partial charge in [0.2, 0.25) is 5.91 Å². The van der Waals surface area contributed by atoms with Crippen LogP contribution in [0.2, 0.25) is 0 Å². The number of nitrogens with zero attached hydrogens (tertiary/aromatic N) is 2. The molecule has 3 heterocycles. The summed E-state index contributed by atoms with van der Waals surface area (Å²) in [6.07, 6.45) is 2.34. The normalized spacial score (nSPS) is 20.2. The third kappa shape index (κ3) is 3.02. The molecule has 130 valence electrons. The van der Waals surface area contributed by atoms with Crippen LogP contribution in [0.15, 0.2) is 30.3 Å². The molecule has 7 heteroatoms. The largest absolute Gasteiger partial charge is 0.339 e. The second kappa shape index (κ2) is 6.68. The van der Waals surface area contributed by atoms with E-state index in [0.717, 1.165) is 36.3 Å². The van der Waals surface area contributed by atoms with Crippen molar-refractivity contribution in [1.29, 1.82) is 0 Å². The van der Waals surface area contributed by atoms with Crippen molar-refractivity contribution in [3.8, 4) is 0 Å². The molecule has 2 amide bonds. The number of aromatic nitrogens is 2. The molecule has 1 atom stereocenters. The quantitative estimate of drug-likeness (QED) is 0.778. The molecule has 1 aromatic carbocycles. The zero-order chi connectivity index (χ0) is 17.2. The van der Waals surface area contributed by atoms with Crippen LogP contribution < -0.4 is 15.5 Å². The highest BCUT2D eigenvalue weighted by Gasteiger charge is 2.32. The summed E-state index contributed by atoms with van der Waals surface area (Å²) >= 11 is 0. The second-order valence-electron chi connectivity index (χ2n) is 6.45. The molecule has 4 rings (SSSR count). The Labute approximate surface area is 145 Å². The SMILES string of the molecule is O=C(NC1CCCN(c2ccccc2)C1=O)c1n[nH]c2c1CNCC2. The molecule has 7 nitrogen and oxygen atoms in total. The van der Waals surface area contributed by atoms with Crippen LogP contribution in [0.5, 0.6) is 0 Å². The molecule has 0 spiro atoms. The lowest BCUT2D eigenvalue weighted by Crippen LogP contribution is -2.52. The van der Waals surface area contributed by atoms with Crippen molar-refractivity contribution in [2.24, 2.45) is 0 Å². The average Bonchev–Trinajstić information content (AvgIpc) is 3.08. The molecule has 2 aliphatic rings. The Kier molecular flexibility index (Phi) is 4.23. The van der Waals surface area contributed by atoms with Crippen LogP contribution in [0.25, 0.3) is 0 Å². The molecule has 0 radical (unpaired) electrons. The lowest BCUT2D eigenvalue weighted by molar-refractivity contribution is -0.121. The Bertz CT molecular complexity index is 786. The Morgan fingerprint density at radius 2 is 2.12 bits per heavy atom. The zero-order valence-corrected chi connectivity index (χ0v) is 13.9. The third-order valence-electron chi connectivity index (χ3n) is 4.83. The van der Waals surface area contributed by atoms with E-state index in [1.54, 1.807) is 4.90 Å². The first-order valence-corrected chi connectivity index (χ1v) is 8.68. The summed E-state index contributed by atoms with van der Waals surface area (Å²) in [6.45, 7) is 2.18. The lowest BCUT2D eigenvalue weighted by Gasteiger charge is -2.32. The third-order valence-corrected chi connectivity index (χ3v) is 4.83. The minimum absolute atomic E-state index is 0.0617. The highest BCUT2D eigenvalue weighted by atomic mass is 16.2. The van der Waals surface area contributed by atoms with Crippen LogP contribution >= 0.6 is 0 Å². The molecular formula is C18H21N5O2. The molecule has 1 saturated heterocycles. The number of aromatic amines is 1. The fourth-order valence-electron chi connectivity index (χ4n) is 3.51. The second-order valence-corrected chi connectivity index (χ2v) is 6.45. The van der Waals surface area contributed by atoms with Crippen LogP contribution in [-0.4, -0.2) is 41.1 Å². The van der Waals surface area contributed by atoms with Crippen LogP contribution in [-0.2, 0) is 17.8 Å². The number of carbonyl (C=O) groups is 2. The van der Waals surface area contributed by atoms with Crippen LogP contribution in [0.3, 0.4) is 0 Å². The highest BCUT2D eigenvalue weighted by Crippen LogP contribution is 2.21. The molecular weight excluding hydrogens is 318 g/mol. The molecule has 1 aromatic heterocycles. The first-order valence-electron chi connectivity index (χ1n) is 8.68. The van der Waals surface area contributed by atoms with Crippen molar-refractivity contribution in [2.75, 3.05) is 18.0 Å². The van der Waals surface area contributed by atoms with E-state index >= 15 is 0 Å². The van der Waals surface area contributed by atoms with Gasteiger partial charge in [-0.15, -0.1) is 0 Å². The number of hydrogen-bond acceptors (Lipinski definition) is 4. The van der Waals surface area contributed by atoms with Gasteiger partial charge in [-0.3, -0.25) is 14.7 Å². The van der Waals surface area contributed by atoms with E-state index in [-0.39, 0.29) is 11.8 Å². The summed E-state index contributed by atoms with van der Waals surface area (Å²) in [5.74, 6) is -0.345. The number of rotatable bonds is 3. The number of carbonyl (C=O) groups excluding carboxylic acids is 2. The van der Waals surface area contributed by atoms with Gasteiger partial charge in [-0.05, 0) is 25.0 Å². The van der Waals surface area contributed by atoms with E-state index in [4.69, 9.17) is 0 Å². The van der Waals surface area contributed by atoms with Gasteiger partial charge in [0.1, 0.15) is 6.04 Å². The van der Waals surface area contributed by atoms with Crippen molar-refractivity contribution in [1.82, 2.24) is 20.8 Å². The van der Waals surface area contributed by atoms with Gasteiger partial charge in [0.15, 0.2) is 5.69 Å². The van der Waals surface area contributed by atoms with Gasteiger partial charge in [-0.2, -0.15) is 5.10 Å². The molecule has 2 aliphatic heterocycles. The molecule has 0 saturated carbocycles. The van der Waals surface area contributed by atoms with Gasteiger partial charge >= 0.3 is 0 Å². The summed E-state index contributed by atoms with van der Waals surface area (Å²) in [5.41, 5.74) is 3.18. The Morgan fingerprint density at radius 3 is 2.96 bits per heavy atom. The smallest absolute Gasteiger partial charge is 0.272 e. The number of para-hydroxylation sites is 1. The summed E-state index contributed by atoms with van der Waals surface area (Å²) in [7, 11) is 0. The predicted octanol–water partition coefficient (Wildman–Crippen LogP) is 0.981. The zero-order valence-electron chi connectivity index (χ0n) is 13.9. The fourth-order valence-corrected chi connectivity index (χ4v) is 3.51. The van der Waals surface area contributed by atoms with Crippen LogP contribution in [0.4, 0.5) is 5.69 Å². The number of fused-ring (bicyclic) bond motifs is 1. The van der Waals surface area contributed by atoms with Crippen molar-refractivity contribution in [3.05, 3.63) is 47.3 Å². The minimum atomic E-state index is -0.509. The summed E-state index contributed by atoms with van der Waals surface area (Å²) in [5, 5.41) is 13.2. The van der Waals surface area contributed by atoms with Gasteiger partial charge in [-0.25, -0.2) is 0 Å². The van der Waals surface area contributed by atoms with E-state index in [0.29, 0.717) is 25.2 Å². The van der Waals surface area contributed by atoms with E-state index in [1.165, 1.54) is 0 Å². The monoisotopic (exact) mass is 339 g/mol. The fraction of sp³-hybridized carbons (Fsp3) is 0.389. The van der Waals surface area contributed by atoms with Gasteiger partial charge in [0.05, 0.1) is 0 Å². The summed E-state index contributed by atoms with van der Waals surface area (Å²) in [6, 6.07) is 9.06. The van der Waals surface area contributed by atoms with Crippen LogP contribution in [0.1, 0.15) is 34.6 Å². The standard InChI is InChI=1S/C18H21N5O2/c24-17(16-13-11-19-9-8-14(13)21-22-16)20-15-7-4-10-23(18(15)25)12-5-2-1-3-6-12/h1-3,5-6,15,19H,4,7-11H2,(H,20,24)(H,21,22). The summed E-state index contributed by atoms with van der Waals surface area (Å²) < 4.78 is 0. The molecule has 2 aromatic rings. The molecule has 25 heavy (non-hydrogen) atoms. The number of benzene rings is 1. The van der Waals surface area contributed by atoms with Crippen molar-refractivity contribution >= 4 is 17.5 Å².